The number of hydrogen-bond acceptors (Lipinski definition) is 2. The summed E-state index contributed by atoms with van der Waals surface area (Å²) in [7, 11) is 3.64. The summed E-state index contributed by atoms with van der Waals surface area (Å²) < 4.78 is 0. The van der Waals surface area contributed by atoms with Gasteiger partial charge in [-0.3, -0.25) is 9.59 Å². The van der Waals surface area contributed by atoms with Crippen LogP contribution in [0.25, 0.3) is 0 Å². The SMILES string of the molecule is Cc1ccc(CC(=O)N2CC(C(=O)N(C)C)C3(CCCC3)C2)cc1. The minimum absolute atomic E-state index is 0.0181. The molecule has 1 spiro atoms. The average molecular weight is 328 g/mol. The van der Waals surface area contributed by atoms with E-state index in [2.05, 4.69) is 0 Å². The van der Waals surface area contributed by atoms with Gasteiger partial charge in [-0.15, -0.1) is 0 Å². The number of nitrogens with zero attached hydrogens (tertiary/aromatic N) is 2. The molecule has 0 radical (unpaired) electrons. The molecule has 0 bridgehead atoms. The topological polar surface area (TPSA) is 40.6 Å². The molecule has 2 aliphatic rings. The second-order valence-corrected chi connectivity index (χ2v) is 7.79. The zero-order valence-electron chi connectivity index (χ0n) is 15.0. The molecule has 2 amide bonds. The van der Waals surface area contributed by atoms with Gasteiger partial charge in [-0.25, -0.2) is 0 Å². The first-order valence-electron chi connectivity index (χ1n) is 8.96. The molecule has 0 aromatic heterocycles. The maximum atomic E-state index is 12.8. The van der Waals surface area contributed by atoms with Crippen molar-refractivity contribution in [1.29, 1.82) is 0 Å². The molecule has 1 saturated carbocycles. The molecule has 1 aromatic carbocycles. The summed E-state index contributed by atoms with van der Waals surface area (Å²) >= 11 is 0. The van der Waals surface area contributed by atoms with Crippen molar-refractivity contribution < 1.29 is 9.59 Å². The molecule has 3 rings (SSSR count). The lowest BCUT2D eigenvalue weighted by Crippen LogP contribution is -2.39. The largest absolute Gasteiger partial charge is 0.349 e. The maximum Gasteiger partial charge on any atom is 0.227 e. The Labute approximate surface area is 144 Å². The average Bonchev–Trinajstić information content (AvgIpc) is 3.17. The van der Waals surface area contributed by atoms with Crippen molar-refractivity contribution in [2.45, 2.75) is 39.0 Å². The number of likely N-dealkylation sites (tertiary alicyclic amines) is 1. The van der Waals surface area contributed by atoms with Crippen molar-refractivity contribution in [2.75, 3.05) is 27.2 Å². The smallest absolute Gasteiger partial charge is 0.227 e. The number of aryl methyl sites for hydroxylation is 1. The molecule has 4 nitrogen and oxygen atoms in total. The summed E-state index contributed by atoms with van der Waals surface area (Å²) in [4.78, 5) is 29.1. The van der Waals surface area contributed by atoms with Crippen LogP contribution in [0.1, 0.15) is 36.8 Å². The van der Waals surface area contributed by atoms with Crippen LogP contribution in [0.15, 0.2) is 24.3 Å². The monoisotopic (exact) mass is 328 g/mol. The minimum atomic E-state index is -0.0306. The molecular weight excluding hydrogens is 300 g/mol. The van der Waals surface area contributed by atoms with Crippen molar-refractivity contribution in [3.05, 3.63) is 35.4 Å². The highest BCUT2D eigenvalue weighted by molar-refractivity contribution is 5.84. The van der Waals surface area contributed by atoms with Gasteiger partial charge in [-0.1, -0.05) is 42.7 Å². The number of carbonyl (C=O) groups excluding carboxylic acids is 2. The lowest BCUT2D eigenvalue weighted by molar-refractivity contribution is -0.135. The summed E-state index contributed by atoms with van der Waals surface area (Å²) in [6.45, 7) is 3.39. The van der Waals surface area contributed by atoms with Crippen LogP contribution < -0.4 is 0 Å². The summed E-state index contributed by atoms with van der Waals surface area (Å²) in [5.74, 6) is 0.304. The third-order valence-electron chi connectivity index (χ3n) is 5.81. The van der Waals surface area contributed by atoms with Gasteiger partial charge in [0.2, 0.25) is 11.8 Å². The Morgan fingerprint density at radius 1 is 1.17 bits per heavy atom. The highest BCUT2D eigenvalue weighted by Crippen LogP contribution is 2.49. The molecule has 1 heterocycles. The van der Waals surface area contributed by atoms with Gasteiger partial charge in [0.1, 0.15) is 0 Å². The van der Waals surface area contributed by atoms with Gasteiger partial charge in [0.05, 0.1) is 12.3 Å². The Bertz CT molecular complexity index is 615. The van der Waals surface area contributed by atoms with Gasteiger partial charge in [0.25, 0.3) is 0 Å². The van der Waals surface area contributed by atoms with Crippen LogP contribution >= 0.6 is 0 Å². The zero-order chi connectivity index (χ0) is 17.3. The lowest BCUT2D eigenvalue weighted by atomic mass is 9.76. The third-order valence-corrected chi connectivity index (χ3v) is 5.81. The Kier molecular flexibility index (Phi) is 4.66. The minimum Gasteiger partial charge on any atom is -0.349 e. The molecule has 1 atom stereocenters. The van der Waals surface area contributed by atoms with Crippen LogP contribution in [0, 0.1) is 18.3 Å². The van der Waals surface area contributed by atoms with Crippen LogP contribution in [0.2, 0.25) is 0 Å². The van der Waals surface area contributed by atoms with E-state index in [-0.39, 0.29) is 23.1 Å². The Morgan fingerprint density at radius 3 is 2.38 bits per heavy atom. The van der Waals surface area contributed by atoms with E-state index in [1.807, 2.05) is 50.2 Å². The first-order valence-corrected chi connectivity index (χ1v) is 8.96. The van der Waals surface area contributed by atoms with Crippen LogP contribution in [0.5, 0.6) is 0 Å². The van der Waals surface area contributed by atoms with Gasteiger partial charge in [0.15, 0.2) is 0 Å². The van der Waals surface area contributed by atoms with Crippen molar-refractivity contribution in [3.63, 3.8) is 0 Å². The highest BCUT2D eigenvalue weighted by Gasteiger charge is 2.52. The van der Waals surface area contributed by atoms with E-state index in [0.717, 1.165) is 24.9 Å². The predicted octanol–water partition coefficient (Wildman–Crippen LogP) is 2.64. The molecule has 1 saturated heterocycles. The number of amides is 2. The molecule has 1 aliphatic carbocycles. The summed E-state index contributed by atoms with van der Waals surface area (Å²) in [6, 6.07) is 8.14. The van der Waals surface area contributed by atoms with E-state index in [1.165, 1.54) is 18.4 Å². The highest BCUT2D eigenvalue weighted by atomic mass is 16.2. The summed E-state index contributed by atoms with van der Waals surface area (Å²) in [6.07, 6.45) is 4.94. The van der Waals surface area contributed by atoms with Gasteiger partial charge in [0, 0.05) is 32.6 Å². The molecule has 130 valence electrons. The molecule has 2 fully saturated rings. The molecule has 1 aliphatic heterocycles. The van der Waals surface area contributed by atoms with Crippen molar-refractivity contribution in [2.24, 2.45) is 11.3 Å². The molecule has 4 heteroatoms. The fourth-order valence-corrected chi connectivity index (χ4v) is 4.39. The lowest BCUT2D eigenvalue weighted by Gasteiger charge is -2.30. The molecule has 1 aromatic rings. The predicted molar refractivity (Wildman–Crippen MR) is 94.5 cm³/mol. The maximum absolute atomic E-state index is 12.8. The molecule has 24 heavy (non-hydrogen) atoms. The zero-order valence-corrected chi connectivity index (χ0v) is 15.0. The van der Waals surface area contributed by atoms with Crippen LogP contribution in [-0.2, 0) is 16.0 Å². The van der Waals surface area contributed by atoms with Gasteiger partial charge in [-0.2, -0.15) is 0 Å². The Morgan fingerprint density at radius 2 is 1.79 bits per heavy atom. The summed E-state index contributed by atoms with van der Waals surface area (Å²) in [5.41, 5.74) is 2.27. The normalized spacial score (nSPS) is 22.1. The van der Waals surface area contributed by atoms with Crippen LogP contribution in [-0.4, -0.2) is 48.8 Å². The van der Waals surface area contributed by atoms with E-state index in [0.29, 0.717) is 13.0 Å². The first-order chi connectivity index (χ1) is 11.4. The quantitative estimate of drug-likeness (QED) is 0.856. The van der Waals surface area contributed by atoms with Crippen molar-refractivity contribution in [1.82, 2.24) is 9.80 Å². The number of hydrogen-bond donors (Lipinski definition) is 0. The molecular formula is C20H28N2O2. The van der Waals surface area contributed by atoms with Crippen molar-refractivity contribution in [3.8, 4) is 0 Å². The fraction of sp³-hybridized carbons (Fsp3) is 0.600. The van der Waals surface area contributed by atoms with Crippen LogP contribution in [0.4, 0.5) is 0 Å². The van der Waals surface area contributed by atoms with E-state index < -0.39 is 0 Å². The van der Waals surface area contributed by atoms with Gasteiger partial charge in [-0.05, 0) is 25.3 Å². The van der Waals surface area contributed by atoms with E-state index in [9.17, 15) is 9.59 Å². The fourth-order valence-electron chi connectivity index (χ4n) is 4.39. The van der Waals surface area contributed by atoms with E-state index >= 15 is 0 Å². The van der Waals surface area contributed by atoms with E-state index in [1.54, 1.807) is 4.90 Å². The second kappa shape index (κ2) is 6.58. The molecule has 1 unspecified atom stereocenters. The Balaban J connectivity index is 1.73. The van der Waals surface area contributed by atoms with Gasteiger partial charge < -0.3 is 9.80 Å². The standard InChI is InChI=1S/C20H28N2O2/c1-15-6-8-16(9-7-15)12-18(23)22-13-17(19(24)21(2)3)20(14-22)10-4-5-11-20/h6-9,17H,4-5,10-14H2,1-3H3. The number of benzene rings is 1. The number of rotatable bonds is 3. The summed E-state index contributed by atoms with van der Waals surface area (Å²) in [5, 5.41) is 0. The second-order valence-electron chi connectivity index (χ2n) is 7.79. The van der Waals surface area contributed by atoms with Gasteiger partial charge >= 0.3 is 0 Å². The number of carbonyl (C=O) groups is 2. The first kappa shape index (κ1) is 17.0. The Hall–Kier alpha value is -1.84. The van der Waals surface area contributed by atoms with E-state index in [4.69, 9.17) is 0 Å². The van der Waals surface area contributed by atoms with Crippen LogP contribution in [0.3, 0.4) is 0 Å². The molecule has 0 N–H and O–H groups in total. The third kappa shape index (κ3) is 3.19. The van der Waals surface area contributed by atoms with Crippen molar-refractivity contribution >= 4 is 11.8 Å².